The lowest BCUT2D eigenvalue weighted by molar-refractivity contribution is 0.102. The number of nitrogens with zero attached hydrogens (tertiary/aromatic N) is 3. The van der Waals surface area contributed by atoms with Crippen LogP contribution >= 0.6 is 11.5 Å². The van der Waals surface area contributed by atoms with E-state index in [4.69, 9.17) is 4.74 Å². The van der Waals surface area contributed by atoms with Crippen LogP contribution in [0.1, 0.15) is 36.5 Å². The maximum Gasteiger partial charge on any atom is 0.257 e. The number of carbonyl (C=O) groups excluding carboxylic acids is 1. The highest BCUT2D eigenvalue weighted by molar-refractivity contribution is 7.09. The molecule has 106 valence electrons. The first kappa shape index (κ1) is 14.4. The van der Waals surface area contributed by atoms with Crippen LogP contribution in [0.5, 0.6) is 5.88 Å². The van der Waals surface area contributed by atoms with Crippen molar-refractivity contribution < 1.29 is 9.53 Å². The van der Waals surface area contributed by atoms with E-state index in [1.807, 2.05) is 13.8 Å². The number of hydrogen-bond donors (Lipinski definition) is 1. The molecule has 1 N–H and O–H groups in total. The summed E-state index contributed by atoms with van der Waals surface area (Å²) in [6.45, 7) is 5.76. The zero-order valence-corrected chi connectivity index (χ0v) is 12.4. The highest BCUT2D eigenvalue weighted by atomic mass is 32.1. The number of rotatable bonds is 5. The fourth-order valence-electron chi connectivity index (χ4n) is 1.42. The number of ether oxygens (including phenoxy) is 1. The zero-order chi connectivity index (χ0) is 14.5. The third-order valence-corrected chi connectivity index (χ3v) is 3.36. The van der Waals surface area contributed by atoms with Crippen LogP contribution in [0.25, 0.3) is 0 Å². The molecule has 6 nitrogen and oxygen atoms in total. The fourth-order valence-corrected chi connectivity index (χ4v) is 1.99. The van der Waals surface area contributed by atoms with Gasteiger partial charge in [-0.25, -0.2) is 9.97 Å². The van der Waals surface area contributed by atoms with E-state index in [1.165, 1.54) is 0 Å². The van der Waals surface area contributed by atoms with Crippen LogP contribution in [0.3, 0.4) is 0 Å². The van der Waals surface area contributed by atoms with Gasteiger partial charge in [0.1, 0.15) is 5.82 Å². The third kappa shape index (κ3) is 3.74. The second-order valence-corrected chi connectivity index (χ2v) is 5.07. The maximum absolute atomic E-state index is 12.1. The molecule has 0 bridgehead atoms. The summed E-state index contributed by atoms with van der Waals surface area (Å²) in [5.41, 5.74) is 0.478. The molecule has 2 heterocycles. The molecule has 0 aromatic carbocycles. The summed E-state index contributed by atoms with van der Waals surface area (Å²) in [7, 11) is 0. The Labute approximate surface area is 121 Å². The van der Waals surface area contributed by atoms with Gasteiger partial charge in [-0.3, -0.25) is 10.1 Å². The van der Waals surface area contributed by atoms with E-state index in [0.29, 0.717) is 22.4 Å². The van der Waals surface area contributed by atoms with Crippen molar-refractivity contribution in [3.05, 3.63) is 29.7 Å². The van der Waals surface area contributed by atoms with Crippen LogP contribution < -0.4 is 10.1 Å². The average Bonchev–Trinajstić information content (AvgIpc) is 2.84. The number of hydrogen-bond acceptors (Lipinski definition) is 6. The molecule has 0 aliphatic rings. The van der Waals surface area contributed by atoms with Gasteiger partial charge in [0.2, 0.25) is 11.0 Å². The molecule has 0 saturated carbocycles. The van der Waals surface area contributed by atoms with Gasteiger partial charge in [0.25, 0.3) is 5.91 Å². The van der Waals surface area contributed by atoms with Crippen LogP contribution in [-0.2, 0) is 0 Å². The second-order valence-electron chi connectivity index (χ2n) is 4.32. The van der Waals surface area contributed by atoms with Gasteiger partial charge in [-0.15, -0.1) is 0 Å². The van der Waals surface area contributed by atoms with Crippen molar-refractivity contribution in [3.8, 4) is 5.88 Å². The van der Waals surface area contributed by atoms with Crippen LogP contribution in [0, 0.1) is 6.92 Å². The summed E-state index contributed by atoms with van der Waals surface area (Å²) >= 11 is 1.15. The summed E-state index contributed by atoms with van der Waals surface area (Å²) in [4.78, 5) is 20.3. The van der Waals surface area contributed by atoms with Crippen LogP contribution in [0.2, 0.25) is 0 Å². The summed E-state index contributed by atoms with van der Waals surface area (Å²) in [6.07, 6.45) is 2.49. The largest absolute Gasteiger partial charge is 0.475 e. The fraction of sp³-hybridized carbons (Fsp3) is 0.385. The molecule has 0 aliphatic carbocycles. The molecule has 2 aromatic rings. The van der Waals surface area contributed by atoms with Crippen molar-refractivity contribution in [2.45, 2.75) is 33.3 Å². The lowest BCUT2D eigenvalue weighted by Crippen LogP contribution is -2.14. The van der Waals surface area contributed by atoms with Crippen LogP contribution in [0.4, 0.5) is 5.13 Å². The van der Waals surface area contributed by atoms with E-state index in [9.17, 15) is 4.79 Å². The molecule has 1 atom stereocenters. The highest BCUT2D eigenvalue weighted by Gasteiger charge is 2.11. The smallest absolute Gasteiger partial charge is 0.257 e. The summed E-state index contributed by atoms with van der Waals surface area (Å²) < 4.78 is 9.60. The lowest BCUT2D eigenvalue weighted by Gasteiger charge is -2.11. The number of anilines is 1. The Bertz CT molecular complexity index is 600. The highest BCUT2D eigenvalue weighted by Crippen LogP contribution is 2.15. The Kier molecular flexibility index (Phi) is 4.62. The Hall–Kier alpha value is -2.02. The summed E-state index contributed by atoms with van der Waals surface area (Å²) in [5, 5.41) is 3.18. The molecule has 0 fully saturated rings. The Morgan fingerprint density at radius 3 is 3.00 bits per heavy atom. The molecule has 2 aromatic heterocycles. The van der Waals surface area contributed by atoms with Gasteiger partial charge in [0.05, 0.1) is 6.10 Å². The number of amides is 1. The standard InChI is InChI=1S/C13H16N4O2S/c1-4-8(2)19-11-7-10(5-6-14-11)12(18)16-13-15-9(3)17-20-13/h5-8H,4H2,1-3H3,(H,15,16,17,18). The molecular weight excluding hydrogens is 276 g/mol. The van der Waals surface area contributed by atoms with Crippen molar-refractivity contribution in [3.63, 3.8) is 0 Å². The van der Waals surface area contributed by atoms with Crippen molar-refractivity contribution in [2.75, 3.05) is 5.32 Å². The summed E-state index contributed by atoms with van der Waals surface area (Å²) in [5.74, 6) is 0.832. The topological polar surface area (TPSA) is 77.0 Å². The first-order valence-electron chi connectivity index (χ1n) is 6.33. The Morgan fingerprint density at radius 1 is 1.55 bits per heavy atom. The maximum atomic E-state index is 12.1. The minimum atomic E-state index is -0.252. The number of aryl methyl sites for hydroxylation is 1. The number of pyridine rings is 1. The van der Waals surface area contributed by atoms with Crippen LogP contribution in [-0.4, -0.2) is 26.4 Å². The summed E-state index contributed by atoms with van der Waals surface area (Å²) in [6, 6.07) is 3.25. The van der Waals surface area contributed by atoms with E-state index in [-0.39, 0.29) is 12.0 Å². The first-order chi connectivity index (χ1) is 9.58. The minimum absolute atomic E-state index is 0.0617. The van der Waals surface area contributed by atoms with Gasteiger partial charge in [-0.2, -0.15) is 4.37 Å². The number of carbonyl (C=O) groups is 1. The van der Waals surface area contributed by atoms with Gasteiger partial charge < -0.3 is 4.74 Å². The van der Waals surface area contributed by atoms with Crippen molar-refractivity contribution in [1.29, 1.82) is 0 Å². The third-order valence-electron chi connectivity index (χ3n) is 2.64. The molecule has 0 radical (unpaired) electrons. The molecule has 7 heteroatoms. The van der Waals surface area contributed by atoms with Gasteiger partial charge in [0, 0.05) is 29.4 Å². The predicted octanol–water partition coefficient (Wildman–Crippen LogP) is 2.67. The second kappa shape index (κ2) is 6.42. The monoisotopic (exact) mass is 292 g/mol. The predicted molar refractivity (Wildman–Crippen MR) is 77.2 cm³/mol. The lowest BCUT2D eigenvalue weighted by atomic mass is 10.2. The molecule has 20 heavy (non-hydrogen) atoms. The van der Waals surface area contributed by atoms with E-state index in [2.05, 4.69) is 19.7 Å². The van der Waals surface area contributed by atoms with Gasteiger partial charge in [0.15, 0.2) is 0 Å². The van der Waals surface area contributed by atoms with Gasteiger partial charge >= 0.3 is 0 Å². The Balaban J connectivity index is 2.08. The SMILES string of the molecule is CCC(C)Oc1cc(C(=O)Nc2nc(C)ns2)ccn1. The van der Waals surface area contributed by atoms with E-state index in [1.54, 1.807) is 25.3 Å². The quantitative estimate of drug-likeness (QED) is 0.916. The molecule has 0 spiro atoms. The van der Waals surface area contributed by atoms with Crippen molar-refractivity contribution in [2.24, 2.45) is 0 Å². The van der Waals surface area contributed by atoms with Crippen molar-refractivity contribution in [1.82, 2.24) is 14.3 Å². The molecular formula is C13H16N4O2S. The van der Waals surface area contributed by atoms with Gasteiger partial charge in [-0.1, -0.05) is 6.92 Å². The molecule has 2 rings (SSSR count). The number of nitrogens with one attached hydrogen (secondary N) is 1. The normalized spacial score (nSPS) is 11.9. The van der Waals surface area contributed by atoms with E-state index >= 15 is 0 Å². The van der Waals surface area contributed by atoms with Crippen LogP contribution in [0.15, 0.2) is 18.3 Å². The van der Waals surface area contributed by atoms with E-state index < -0.39 is 0 Å². The Morgan fingerprint density at radius 2 is 2.35 bits per heavy atom. The van der Waals surface area contributed by atoms with Gasteiger partial charge in [-0.05, 0) is 26.3 Å². The average molecular weight is 292 g/mol. The minimum Gasteiger partial charge on any atom is -0.475 e. The molecule has 1 unspecified atom stereocenters. The molecule has 0 saturated heterocycles. The van der Waals surface area contributed by atoms with Crippen molar-refractivity contribution >= 4 is 22.6 Å². The first-order valence-corrected chi connectivity index (χ1v) is 7.10. The van der Waals surface area contributed by atoms with E-state index in [0.717, 1.165) is 18.0 Å². The molecule has 0 aliphatic heterocycles. The molecule has 1 amide bonds. The number of aromatic nitrogens is 3. The zero-order valence-electron chi connectivity index (χ0n) is 11.6.